The van der Waals surface area contributed by atoms with Gasteiger partial charge in [-0.15, -0.1) is 0 Å². The van der Waals surface area contributed by atoms with E-state index < -0.39 is 0 Å². The number of benzene rings is 6. The predicted octanol–water partition coefficient (Wildman–Crippen LogP) is 10.4. The monoisotopic (exact) mass is 545 g/mol. The Balaban J connectivity index is 1.43. The molecule has 0 atom stereocenters. The Kier molecular flexibility index (Phi) is 3.83. The Bertz CT molecular complexity index is 2810. The lowest BCUT2D eigenvalue weighted by atomic mass is 10.0. The van der Waals surface area contributed by atoms with E-state index in [0.717, 1.165) is 0 Å². The van der Waals surface area contributed by atoms with Gasteiger partial charge in [-0.25, -0.2) is 0 Å². The van der Waals surface area contributed by atoms with Gasteiger partial charge in [0, 0.05) is 21.5 Å². The van der Waals surface area contributed by atoms with Crippen molar-refractivity contribution in [2.75, 3.05) is 0 Å². The van der Waals surface area contributed by atoms with Crippen molar-refractivity contribution in [3.63, 3.8) is 0 Å². The highest BCUT2D eigenvalue weighted by molar-refractivity contribution is 6.21. The van der Waals surface area contributed by atoms with Crippen LogP contribution in [0.1, 0.15) is 0 Å². The molecule has 10 aromatic rings. The summed E-state index contributed by atoms with van der Waals surface area (Å²) in [6, 6.07) is 51.5. The molecule has 4 aromatic heterocycles. The first kappa shape index (κ1) is 21.9. The fourth-order valence-electron chi connectivity index (χ4n) is 8.04. The lowest BCUT2D eigenvalue weighted by Gasteiger charge is -2.15. The number of para-hydroxylation sites is 3. The normalized spacial score (nSPS) is 12.7. The SMILES string of the molecule is c1ccc2c(c1)-c1cccc3c(-n4c5ccccc5c5c4c4cc6ccccc6n4c4cc6ccccc6n54)ccc-2c13. The van der Waals surface area contributed by atoms with E-state index in [2.05, 4.69) is 153 Å². The fourth-order valence-corrected chi connectivity index (χ4v) is 8.04. The summed E-state index contributed by atoms with van der Waals surface area (Å²) in [6.07, 6.45) is 0. The highest BCUT2D eigenvalue weighted by atomic mass is 15.1. The molecule has 0 saturated heterocycles. The van der Waals surface area contributed by atoms with E-state index in [1.807, 2.05) is 0 Å². The maximum atomic E-state index is 2.53. The zero-order valence-corrected chi connectivity index (χ0v) is 23.1. The van der Waals surface area contributed by atoms with Crippen LogP contribution in [-0.2, 0) is 0 Å². The van der Waals surface area contributed by atoms with Crippen molar-refractivity contribution in [2.45, 2.75) is 0 Å². The molecule has 0 fully saturated rings. The molecule has 6 aromatic carbocycles. The second-order valence-corrected chi connectivity index (χ2v) is 11.8. The first-order valence-electron chi connectivity index (χ1n) is 14.9. The van der Waals surface area contributed by atoms with Crippen molar-refractivity contribution < 1.29 is 0 Å². The third-order valence-electron chi connectivity index (χ3n) is 9.71. The van der Waals surface area contributed by atoms with Crippen LogP contribution in [0.15, 0.2) is 140 Å². The van der Waals surface area contributed by atoms with Crippen molar-refractivity contribution in [1.82, 2.24) is 13.4 Å². The molecule has 0 N–H and O–H groups in total. The van der Waals surface area contributed by atoms with Gasteiger partial charge in [-0.2, -0.15) is 0 Å². The molecule has 0 aliphatic heterocycles. The topological polar surface area (TPSA) is 13.8 Å². The standard InChI is InChI=1S/C40H23N3/c1-6-17-32-24(10-1)22-36-40-39(43-33-18-7-2-11-25(33)23-37(43)41(32)36)31-14-5-8-19-34(31)42(40)35-21-20-29-27-13-4-3-12-26(27)28-15-9-16-30(35)38(28)29/h1-23H. The van der Waals surface area contributed by atoms with Gasteiger partial charge < -0.3 is 4.57 Å². The zero-order valence-electron chi connectivity index (χ0n) is 23.1. The Morgan fingerprint density at radius 2 is 0.977 bits per heavy atom. The highest BCUT2D eigenvalue weighted by Crippen LogP contribution is 2.49. The smallest absolute Gasteiger partial charge is 0.123 e. The summed E-state index contributed by atoms with van der Waals surface area (Å²) >= 11 is 0. The summed E-state index contributed by atoms with van der Waals surface area (Å²) in [5.74, 6) is 0. The van der Waals surface area contributed by atoms with Crippen LogP contribution < -0.4 is 0 Å². The summed E-state index contributed by atoms with van der Waals surface area (Å²) in [5.41, 5.74) is 15.0. The van der Waals surface area contributed by atoms with Crippen LogP contribution >= 0.6 is 0 Å². The molecule has 0 amide bonds. The van der Waals surface area contributed by atoms with Crippen molar-refractivity contribution in [3.05, 3.63) is 140 Å². The van der Waals surface area contributed by atoms with Gasteiger partial charge in [-0.3, -0.25) is 8.80 Å². The van der Waals surface area contributed by atoms with Gasteiger partial charge in [-0.1, -0.05) is 103 Å². The molecule has 0 radical (unpaired) electrons. The largest absolute Gasteiger partial charge is 0.305 e. The molecular weight excluding hydrogens is 522 g/mol. The van der Waals surface area contributed by atoms with Gasteiger partial charge in [0.2, 0.25) is 0 Å². The zero-order chi connectivity index (χ0) is 27.8. The average molecular weight is 546 g/mol. The van der Waals surface area contributed by atoms with Gasteiger partial charge in [0.15, 0.2) is 0 Å². The Labute approximate surface area is 246 Å². The predicted molar refractivity (Wildman–Crippen MR) is 180 cm³/mol. The van der Waals surface area contributed by atoms with E-state index in [9.17, 15) is 0 Å². The number of rotatable bonds is 1. The van der Waals surface area contributed by atoms with Crippen LogP contribution in [0.2, 0.25) is 0 Å². The Morgan fingerprint density at radius 1 is 0.372 bits per heavy atom. The fraction of sp³-hybridized carbons (Fsp3) is 0. The molecule has 11 rings (SSSR count). The molecule has 3 heteroatoms. The molecular formula is C40H23N3. The molecule has 3 nitrogen and oxygen atoms in total. The molecule has 0 unspecified atom stereocenters. The van der Waals surface area contributed by atoms with Crippen LogP contribution in [-0.4, -0.2) is 13.4 Å². The maximum absolute atomic E-state index is 2.53. The Morgan fingerprint density at radius 3 is 1.79 bits per heavy atom. The van der Waals surface area contributed by atoms with E-state index >= 15 is 0 Å². The van der Waals surface area contributed by atoms with E-state index in [0.29, 0.717) is 0 Å². The molecule has 1 aliphatic rings. The summed E-state index contributed by atoms with van der Waals surface area (Å²) < 4.78 is 7.47. The number of aromatic nitrogens is 3. The van der Waals surface area contributed by atoms with E-state index in [1.54, 1.807) is 0 Å². The van der Waals surface area contributed by atoms with Crippen LogP contribution in [0.4, 0.5) is 0 Å². The van der Waals surface area contributed by atoms with Gasteiger partial charge in [0.05, 0.1) is 38.8 Å². The number of nitrogens with zero attached hydrogens (tertiary/aromatic N) is 3. The molecule has 4 heterocycles. The second kappa shape index (κ2) is 7.53. The summed E-state index contributed by atoms with van der Waals surface area (Å²) in [5, 5.41) is 6.36. The van der Waals surface area contributed by atoms with Gasteiger partial charge in [0.25, 0.3) is 0 Å². The number of hydrogen-bond donors (Lipinski definition) is 0. The molecule has 0 saturated carbocycles. The lowest BCUT2D eigenvalue weighted by molar-refractivity contribution is 1.16. The third-order valence-corrected chi connectivity index (χ3v) is 9.71. The molecule has 0 spiro atoms. The first-order valence-corrected chi connectivity index (χ1v) is 14.9. The molecule has 1 aliphatic carbocycles. The van der Waals surface area contributed by atoms with Crippen molar-refractivity contribution >= 4 is 65.7 Å². The van der Waals surface area contributed by atoms with Crippen LogP contribution in [0, 0.1) is 0 Å². The minimum atomic E-state index is 1.18. The van der Waals surface area contributed by atoms with Crippen molar-refractivity contribution in [1.29, 1.82) is 0 Å². The van der Waals surface area contributed by atoms with Gasteiger partial charge in [-0.05, 0) is 64.0 Å². The first-order chi connectivity index (χ1) is 21.4. The van der Waals surface area contributed by atoms with E-state index in [-0.39, 0.29) is 0 Å². The second-order valence-electron chi connectivity index (χ2n) is 11.8. The summed E-state index contributed by atoms with van der Waals surface area (Å²) in [7, 11) is 0. The number of hydrogen-bond acceptors (Lipinski definition) is 0. The minimum Gasteiger partial charge on any atom is -0.305 e. The van der Waals surface area contributed by atoms with Crippen LogP contribution in [0.5, 0.6) is 0 Å². The summed E-state index contributed by atoms with van der Waals surface area (Å²) in [6.45, 7) is 0. The third kappa shape index (κ3) is 2.54. The van der Waals surface area contributed by atoms with Crippen LogP contribution in [0.3, 0.4) is 0 Å². The lowest BCUT2D eigenvalue weighted by Crippen LogP contribution is -2.00. The summed E-state index contributed by atoms with van der Waals surface area (Å²) in [4.78, 5) is 0. The maximum Gasteiger partial charge on any atom is 0.123 e. The van der Waals surface area contributed by atoms with Crippen molar-refractivity contribution in [3.8, 4) is 27.9 Å². The van der Waals surface area contributed by atoms with E-state index in [1.165, 1.54) is 93.6 Å². The van der Waals surface area contributed by atoms with Gasteiger partial charge >= 0.3 is 0 Å². The van der Waals surface area contributed by atoms with E-state index in [4.69, 9.17) is 0 Å². The van der Waals surface area contributed by atoms with Crippen LogP contribution in [0.25, 0.3) is 93.6 Å². The minimum absolute atomic E-state index is 1.18. The quantitative estimate of drug-likeness (QED) is 0.195. The molecule has 198 valence electrons. The van der Waals surface area contributed by atoms with Crippen molar-refractivity contribution in [2.24, 2.45) is 0 Å². The van der Waals surface area contributed by atoms with Gasteiger partial charge in [0.1, 0.15) is 5.65 Å². The highest BCUT2D eigenvalue weighted by Gasteiger charge is 2.26. The molecule has 43 heavy (non-hydrogen) atoms. The number of fused-ring (bicyclic) bond motifs is 15. The average Bonchev–Trinajstić information content (AvgIpc) is 3.80. The Hall–Kier alpha value is -5.80. The molecule has 0 bridgehead atoms.